The molecule has 24 heavy (non-hydrogen) atoms. The van der Waals surface area contributed by atoms with E-state index >= 15 is 0 Å². The van der Waals surface area contributed by atoms with Gasteiger partial charge in [0.2, 0.25) is 5.91 Å². The second-order valence-corrected chi connectivity index (χ2v) is 9.76. The van der Waals surface area contributed by atoms with Crippen LogP contribution in [0.1, 0.15) is 31.7 Å². The van der Waals surface area contributed by atoms with Gasteiger partial charge in [-0.05, 0) is 25.5 Å². The summed E-state index contributed by atoms with van der Waals surface area (Å²) in [4.78, 5) is 18.3. The molecule has 2 saturated heterocycles. The van der Waals surface area contributed by atoms with Crippen molar-refractivity contribution in [2.24, 2.45) is 4.99 Å². The fourth-order valence-corrected chi connectivity index (χ4v) is 6.99. The third kappa shape index (κ3) is 3.67. The molecule has 1 aromatic rings. The van der Waals surface area contributed by atoms with Crippen molar-refractivity contribution in [2.45, 2.75) is 44.4 Å². The van der Waals surface area contributed by atoms with Crippen LogP contribution in [0.5, 0.6) is 0 Å². The lowest BCUT2D eigenvalue weighted by atomic mass is 10.1. The van der Waals surface area contributed by atoms with Crippen LogP contribution in [0.15, 0.2) is 29.3 Å². The van der Waals surface area contributed by atoms with E-state index in [1.54, 1.807) is 0 Å². The molecule has 0 bridgehead atoms. The van der Waals surface area contributed by atoms with Gasteiger partial charge in [0.1, 0.15) is 0 Å². The molecule has 0 saturated carbocycles. The molecule has 0 unspecified atom stereocenters. The normalized spacial score (nSPS) is 26.8. The van der Waals surface area contributed by atoms with Gasteiger partial charge in [-0.3, -0.25) is 4.79 Å². The first-order valence-corrected chi connectivity index (χ1v) is 10.9. The van der Waals surface area contributed by atoms with Crippen molar-refractivity contribution in [2.75, 3.05) is 16.4 Å². The Labute approximate surface area is 147 Å². The van der Waals surface area contributed by atoms with E-state index in [4.69, 9.17) is 0 Å². The van der Waals surface area contributed by atoms with Crippen molar-refractivity contribution >= 4 is 38.4 Å². The number of nitrogens with zero attached hydrogens (tertiary/aromatic N) is 2. The van der Waals surface area contributed by atoms with Crippen molar-refractivity contribution in [3.05, 3.63) is 29.8 Å². The number of fused-ring (bicyclic) bond motifs is 1. The summed E-state index contributed by atoms with van der Waals surface area (Å²) < 4.78 is 24.0. The van der Waals surface area contributed by atoms with Crippen molar-refractivity contribution in [3.8, 4) is 0 Å². The van der Waals surface area contributed by atoms with Gasteiger partial charge in [0.05, 0.1) is 17.5 Å². The molecule has 2 aliphatic heterocycles. The molecule has 130 valence electrons. The van der Waals surface area contributed by atoms with Crippen LogP contribution in [-0.4, -0.2) is 42.3 Å². The lowest BCUT2D eigenvalue weighted by Gasteiger charge is -2.24. The third-order valence-corrected chi connectivity index (χ3v) is 7.55. The van der Waals surface area contributed by atoms with Crippen LogP contribution in [0, 0.1) is 6.92 Å². The van der Waals surface area contributed by atoms with Crippen LogP contribution < -0.4 is 4.90 Å². The minimum atomic E-state index is -3.02. The summed E-state index contributed by atoms with van der Waals surface area (Å²) in [6.45, 7) is 4.05. The van der Waals surface area contributed by atoms with E-state index in [1.165, 1.54) is 11.8 Å². The number of unbranched alkanes of at least 4 members (excludes halogenated alkanes) is 1. The lowest BCUT2D eigenvalue weighted by molar-refractivity contribution is -0.117. The first kappa shape index (κ1) is 17.5. The second kappa shape index (κ2) is 6.88. The van der Waals surface area contributed by atoms with E-state index in [-0.39, 0.29) is 28.7 Å². The van der Waals surface area contributed by atoms with Crippen molar-refractivity contribution in [1.29, 1.82) is 0 Å². The third-order valence-electron chi connectivity index (χ3n) is 4.34. The SMILES string of the molecule is CCCCC(=O)N=C1S[C@H]2CS(=O)(=O)C[C@H]2N1c1ccc(C)cc1. The lowest BCUT2D eigenvalue weighted by Crippen LogP contribution is -2.37. The van der Waals surface area contributed by atoms with Gasteiger partial charge in [-0.15, -0.1) is 0 Å². The Hall–Kier alpha value is -1.34. The number of hydrogen-bond donors (Lipinski definition) is 0. The highest BCUT2D eigenvalue weighted by Crippen LogP contribution is 2.41. The van der Waals surface area contributed by atoms with Gasteiger partial charge in [0, 0.05) is 17.4 Å². The summed E-state index contributed by atoms with van der Waals surface area (Å²) in [7, 11) is -3.02. The van der Waals surface area contributed by atoms with E-state index in [9.17, 15) is 13.2 Å². The predicted octanol–water partition coefficient (Wildman–Crippen LogP) is 2.79. The summed E-state index contributed by atoms with van der Waals surface area (Å²) >= 11 is 1.43. The molecular weight excluding hydrogens is 344 g/mol. The fraction of sp³-hybridized carbons (Fsp3) is 0.529. The fourth-order valence-electron chi connectivity index (χ4n) is 3.06. The molecule has 3 rings (SSSR count). The Balaban J connectivity index is 1.92. The minimum absolute atomic E-state index is 0.0472. The Bertz CT molecular complexity index is 757. The highest BCUT2D eigenvalue weighted by Gasteiger charge is 2.49. The van der Waals surface area contributed by atoms with Crippen LogP contribution in [0.3, 0.4) is 0 Å². The van der Waals surface area contributed by atoms with Crippen molar-refractivity contribution in [1.82, 2.24) is 0 Å². The molecule has 2 fully saturated rings. The predicted molar refractivity (Wildman–Crippen MR) is 99.4 cm³/mol. The number of aryl methyl sites for hydroxylation is 1. The molecule has 0 spiro atoms. The quantitative estimate of drug-likeness (QED) is 0.820. The summed E-state index contributed by atoms with van der Waals surface area (Å²) in [6.07, 6.45) is 2.22. The Kier molecular flexibility index (Phi) is 5.01. The Morgan fingerprint density at radius 2 is 2.00 bits per heavy atom. The molecule has 0 radical (unpaired) electrons. The number of amidine groups is 1. The standard InChI is InChI=1S/C17H22N2O3S2/c1-3-4-5-16(20)18-17-19(13-8-6-12(2)7-9-13)14-10-24(21,22)11-15(14)23-17/h6-9,14-15H,3-5,10-11H2,1-2H3/t14-,15+/m1/s1. The number of carbonyl (C=O) groups is 1. The molecule has 2 aliphatic rings. The number of thioether (sulfide) groups is 1. The van der Waals surface area contributed by atoms with Crippen LogP contribution >= 0.6 is 11.8 Å². The molecule has 0 N–H and O–H groups in total. The van der Waals surface area contributed by atoms with Gasteiger partial charge in [0.25, 0.3) is 0 Å². The van der Waals surface area contributed by atoms with Gasteiger partial charge in [-0.25, -0.2) is 8.42 Å². The van der Waals surface area contributed by atoms with Gasteiger partial charge >= 0.3 is 0 Å². The van der Waals surface area contributed by atoms with E-state index < -0.39 is 9.84 Å². The van der Waals surface area contributed by atoms with Gasteiger partial charge in [-0.1, -0.05) is 42.8 Å². The van der Waals surface area contributed by atoms with E-state index in [1.807, 2.05) is 43.0 Å². The molecule has 0 aliphatic carbocycles. The largest absolute Gasteiger partial charge is 0.316 e. The summed E-state index contributed by atoms with van der Waals surface area (Å²) in [5, 5.41) is 0.596. The molecule has 2 atom stereocenters. The van der Waals surface area contributed by atoms with Gasteiger partial charge in [0.15, 0.2) is 15.0 Å². The Morgan fingerprint density at radius 3 is 2.67 bits per heavy atom. The second-order valence-electron chi connectivity index (χ2n) is 6.40. The minimum Gasteiger partial charge on any atom is -0.316 e. The van der Waals surface area contributed by atoms with Gasteiger partial charge in [-0.2, -0.15) is 4.99 Å². The smallest absolute Gasteiger partial charge is 0.248 e. The number of amides is 1. The average Bonchev–Trinajstić information content (AvgIpc) is 2.97. The zero-order chi connectivity index (χ0) is 17.3. The van der Waals surface area contributed by atoms with Crippen molar-refractivity contribution < 1.29 is 13.2 Å². The number of sulfone groups is 1. The number of carbonyl (C=O) groups excluding carboxylic acids is 1. The van der Waals surface area contributed by atoms with Crippen LogP contribution in [0.25, 0.3) is 0 Å². The van der Waals surface area contributed by atoms with E-state index in [0.717, 1.165) is 24.1 Å². The van der Waals surface area contributed by atoms with Crippen LogP contribution in [-0.2, 0) is 14.6 Å². The number of aliphatic imine (C=N–C) groups is 1. The molecule has 0 aromatic heterocycles. The van der Waals surface area contributed by atoms with Crippen LogP contribution in [0.4, 0.5) is 5.69 Å². The highest BCUT2D eigenvalue weighted by atomic mass is 32.2. The van der Waals surface area contributed by atoms with Crippen LogP contribution in [0.2, 0.25) is 0 Å². The molecule has 1 aromatic carbocycles. The monoisotopic (exact) mass is 366 g/mol. The Morgan fingerprint density at radius 1 is 1.29 bits per heavy atom. The maximum absolute atomic E-state index is 12.1. The van der Waals surface area contributed by atoms with E-state index in [0.29, 0.717) is 11.6 Å². The molecule has 7 heteroatoms. The zero-order valence-corrected chi connectivity index (χ0v) is 15.6. The topological polar surface area (TPSA) is 66.8 Å². The summed E-state index contributed by atoms with van der Waals surface area (Å²) in [5.74, 6) is 0.160. The molecular formula is C17H22N2O3S2. The molecule has 2 heterocycles. The zero-order valence-electron chi connectivity index (χ0n) is 13.9. The maximum Gasteiger partial charge on any atom is 0.248 e. The van der Waals surface area contributed by atoms with E-state index in [2.05, 4.69) is 4.99 Å². The number of benzene rings is 1. The summed E-state index contributed by atoms with van der Waals surface area (Å²) in [5.41, 5.74) is 2.04. The van der Waals surface area contributed by atoms with Crippen molar-refractivity contribution in [3.63, 3.8) is 0 Å². The molecule has 1 amide bonds. The number of rotatable bonds is 4. The average molecular weight is 367 g/mol. The first-order chi connectivity index (χ1) is 11.4. The molecule has 5 nitrogen and oxygen atoms in total. The highest BCUT2D eigenvalue weighted by molar-refractivity contribution is 8.16. The van der Waals surface area contributed by atoms with Gasteiger partial charge < -0.3 is 4.90 Å². The first-order valence-electron chi connectivity index (χ1n) is 8.24. The summed E-state index contributed by atoms with van der Waals surface area (Å²) in [6, 6.07) is 7.78. The number of hydrogen-bond acceptors (Lipinski definition) is 4. The number of anilines is 1. The maximum atomic E-state index is 12.1.